The van der Waals surface area contributed by atoms with Gasteiger partial charge in [-0.2, -0.15) is 0 Å². The molecule has 0 aromatic carbocycles. The zero-order chi connectivity index (χ0) is 12.7. The van der Waals surface area contributed by atoms with Gasteiger partial charge in [0.15, 0.2) is 0 Å². The number of carbonyl (C=O) groups excluding carboxylic acids is 1. The highest BCUT2D eigenvalue weighted by atomic mass is 16.6. The molecule has 1 aliphatic rings. The Morgan fingerprint density at radius 1 is 1.24 bits per heavy atom. The minimum absolute atomic E-state index is 0.0715. The van der Waals surface area contributed by atoms with Crippen LogP contribution in [-0.4, -0.2) is 49.2 Å². The van der Waals surface area contributed by atoms with E-state index in [4.69, 9.17) is 4.74 Å². The van der Waals surface area contributed by atoms with E-state index in [9.17, 15) is 4.79 Å². The van der Waals surface area contributed by atoms with E-state index in [1.807, 2.05) is 20.8 Å². The lowest BCUT2D eigenvalue weighted by Gasteiger charge is -2.27. The van der Waals surface area contributed by atoms with Gasteiger partial charge in [-0.3, -0.25) is 4.79 Å². The van der Waals surface area contributed by atoms with Crippen LogP contribution in [0, 0.1) is 0 Å². The summed E-state index contributed by atoms with van der Waals surface area (Å²) in [7, 11) is 0. The lowest BCUT2D eigenvalue weighted by molar-refractivity contribution is -0.154. The molecule has 17 heavy (non-hydrogen) atoms. The van der Waals surface area contributed by atoms with Crippen molar-refractivity contribution in [3.05, 3.63) is 0 Å². The van der Waals surface area contributed by atoms with Gasteiger partial charge in [-0.15, -0.1) is 0 Å². The fourth-order valence-electron chi connectivity index (χ4n) is 1.93. The maximum Gasteiger partial charge on any atom is 0.306 e. The van der Waals surface area contributed by atoms with Crippen molar-refractivity contribution in [3.8, 4) is 0 Å². The Bertz CT molecular complexity index is 230. The standard InChI is InChI=1S/C13H26N2O2/c1-13(2,3)17-12(16)6-4-5-9-15-10-7-14-8-11-15/h14H,4-11H2,1-3H3. The van der Waals surface area contributed by atoms with Gasteiger partial charge in [-0.25, -0.2) is 0 Å². The number of rotatable bonds is 5. The van der Waals surface area contributed by atoms with Gasteiger partial charge in [0.25, 0.3) is 0 Å². The second kappa shape index (κ2) is 6.97. The summed E-state index contributed by atoms with van der Waals surface area (Å²) in [6, 6.07) is 0. The van der Waals surface area contributed by atoms with E-state index in [2.05, 4.69) is 10.2 Å². The van der Waals surface area contributed by atoms with E-state index < -0.39 is 0 Å². The van der Waals surface area contributed by atoms with Crippen LogP contribution < -0.4 is 5.32 Å². The second-order valence-corrected chi connectivity index (χ2v) is 5.64. The van der Waals surface area contributed by atoms with Crippen molar-refractivity contribution >= 4 is 5.97 Å². The SMILES string of the molecule is CC(C)(C)OC(=O)CCCCN1CCNCC1. The molecule has 4 heteroatoms. The zero-order valence-electron chi connectivity index (χ0n) is 11.4. The Labute approximate surface area is 105 Å². The van der Waals surface area contributed by atoms with Crippen molar-refractivity contribution in [1.82, 2.24) is 10.2 Å². The lowest BCUT2D eigenvalue weighted by Crippen LogP contribution is -2.43. The maximum atomic E-state index is 11.5. The van der Waals surface area contributed by atoms with Crippen molar-refractivity contribution < 1.29 is 9.53 Å². The largest absolute Gasteiger partial charge is 0.460 e. The molecule has 0 radical (unpaired) electrons. The zero-order valence-corrected chi connectivity index (χ0v) is 11.4. The molecule has 1 N–H and O–H groups in total. The Balaban J connectivity index is 2.01. The molecule has 0 spiro atoms. The Kier molecular flexibility index (Phi) is 5.92. The highest BCUT2D eigenvalue weighted by Gasteiger charge is 2.16. The Hall–Kier alpha value is -0.610. The van der Waals surface area contributed by atoms with Crippen molar-refractivity contribution in [2.75, 3.05) is 32.7 Å². The molecule has 1 fully saturated rings. The van der Waals surface area contributed by atoms with Gasteiger partial charge in [-0.1, -0.05) is 0 Å². The summed E-state index contributed by atoms with van der Waals surface area (Å²) in [4.78, 5) is 13.9. The molecule has 0 aliphatic carbocycles. The van der Waals surface area contributed by atoms with E-state index >= 15 is 0 Å². The highest BCUT2D eigenvalue weighted by Crippen LogP contribution is 2.10. The first-order valence-electron chi connectivity index (χ1n) is 6.62. The number of ether oxygens (including phenoxy) is 1. The third kappa shape index (κ3) is 7.34. The van der Waals surface area contributed by atoms with E-state index in [0.717, 1.165) is 45.6 Å². The minimum Gasteiger partial charge on any atom is -0.460 e. The van der Waals surface area contributed by atoms with Crippen LogP contribution in [0.15, 0.2) is 0 Å². The smallest absolute Gasteiger partial charge is 0.306 e. The second-order valence-electron chi connectivity index (χ2n) is 5.64. The molecule has 0 aromatic heterocycles. The molecule has 0 saturated carbocycles. The minimum atomic E-state index is -0.352. The fourth-order valence-corrected chi connectivity index (χ4v) is 1.93. The first-order valence-corrected chi connectivity index (χ1v) is 6.62. The van der Waals surface area contributed by atoms with Gasteiger partial charge >= 0.3 is 5.97 Å². The molecule has 0 bridgehead atoms. The third-order valence-corrected chi connectivity index (χ3v) is 2.73. The molecule has 0 unspecified atom stereocenters. The molecule has 1 aliphatic heterocycles. The average Bonchev–Trinajstić information content (AvgIpc) is 2.23. The van der Waals surface area contributed by atoms with Crippen LogP contribution in [0.1, 0.15) is 40.0 Å². The number of hydrogen-bond acceptors (Lipinski definition) is 4. The molecule has 0 atom stereocenters. The number of esters is 1. The summed E-state index contributed by atoms with van der Waals surface area (Å²) in [5.74, 6) is -0.0715. The molecule has 1 heterocycles. The molecule has 1 rings (SSSR count). The topological polar surface area (TPSA) is 41.6 Å². The molecular formula is C13H26N2O2. The molecule has 1 saturated heterocycles. The number of nitrogens with zero attached hydrogens (tertiary/aromatic N) is 1. The van der Waals surface area contributed by atoms with Crippen molar-refractivity contribution in [1.29, 1.82) is 0 Å². The average molecular weight is 242 g/mol. The first kappa shape index (κ1) is 14.5. The van der Waals surface area contributed by atoms with Crippen molar-refractivity contribution in [3.63, 3.8) is 0 Å². The first-order chi connectivity index (χ1) is 7.97. The normalized spacial score (nSPS) is 18.1. The molecule has 0 aromatic rings. The monoisotopic (exact) mass is 242 g/mol. The predicted molar refractivity (Wildman–Crippen MR) is 69.0 cm³/mol. The summed E-state index contributed by atoms with van der Waals surface area (Å²) >= 11 is 0. The lowest BCUT2D eigenvalue weighted by atomic mass is 10.2. The number of hydrogen-bond donors (Lipinski definition) is 1. The van der Waals surface area contributed by atoms with Crippen LogP contribution in [0.3, 0.4) is 0 Å². The van der Waals surface area contributed by atoms with Gasteiger partial charge < -0.3 is 15.0 Å². The number of carbonyl (C=O) groups is 1. The summed E-state index contributed by atoms with van der Waals surface area (Å²) in [6.45, 7) is 11.3. The fraction of sp³-hybridized carbons (Fsp3) is 0.923. The van der Waals surface area contributed by atoms with Gasteiger partial charge in [0, 0.05) is 32.6 Å². The summed E-state index contributed by atoms with van der Waals surface area (Å²) < 4.78 is 5.27. The third-order valence-electron chi connectivity index (χ3n) is 2.73. The van der Waals surface area contributed by atoms with E-state index in [0.29, 0.717) is 6.42 Å². The molecule has 100 valence electrons. The van der Waals surface area contributed by atoms with Crippen LogP contribution >= 0.6 is 0 Å². The number of unbranched alkanes of at least 4 members (excludes halogenated alkanes) is 1. The maximum absolute atomic E-state index is 11.5. The van der Waals surface area contributed by atoms with Crippen LogP contribution in [0.4, 0.5) is 0 Å². The summed E-state index contributed by atoms with van der Waals surface area (Å²) in [5.41, 5.74) is -0.352. The van der Waals surface area contributed by atoms with Gasteiger partial charge in [0.05, 0.1) is 0 Å². The van der Waals surface area contributed by atoms with Gasteiger partial charge in [0.1, 0.15) is 5.60 Å². The van der Waals surface area contributed by atoms with Crippen LogP contribution in [0.25, 0.3) is 0 Å². The number of nitrogens with one attached hydrogen (secondary N) is 1. The Morgan fingerprint density at radius 3 is 2.47 bits per heavy atom. The van der Waals surface area contributed by atoms with Gasteiger partial charge in [-0.05, 0) is 40.2 Å². The van der Waals surface area contributed by atoms with Crippen LogP contribution in [-0.2, 0) is 9.53 Å². The molecule has 4 nitrogen and oxygen atoms in total. The van der Waals surface area contributed by atoms with E-state index in [1.54, 1.807) is 0 Å². The van der Waals surface area contributed by atoms with E-state index in [-0.39, 0.29) is 11.6 Å². The van der Waals surface area contributed by atoms with Crippen molar-refractivity contribution in [2.45, 2.75) is 45.6 Å². The van der Waals surface area contributed by atoms with Gasteiger partial charge in [0.2, 0.25) is 0 Å². The Morgan fingerprint density at radius 2 is 1.88 bits per heavy atom. The number of piperazine rings is 1. The van der Waals surface area contributed by atoms with Crippen LogP contribution in [0.2, 0.25) is 0 Å². The summed E-state index contributed by atoms with van der Waals surface area (Å²) in [5, 5.41) is 3.33. The highest BCUT2D eigenvalue weighted by molar-refractivity contribution is 5.69. The predicted octanol–water partition coefficient (Wildman–Crippen LogP) is 1.40. The molecule has 0 amide bonds. The van der Waals surface area contributed by atoms with Crippen molar-refractivity contribution in [2.24, 2.45) is 0 Å². The van der Waals surface area contributed by atoms with Crippen LogP contribution in [0.5, 0.6) is 0 Å². The quantitative estimate of drug-likeness (QED) is 0.584. The molecular weight excluding hydrogens is 216 g/mol. The van der Waals surface area contributed by atoms with E-state index in [1.165, 1.54) is 0 Å². The summed E-state index contributed by atoms with van der Waals surface area (Å²) in [6.07, 6.45) is 2.56.